The fourth-order valence-corrected chi connectivity index (χ4v) is 10.3. The van der Waals surface area contributed by atoms with Crippen LogP contribution in [0.3, 0.4) is 0 Å². The second-order valence-electron chi connectivity index (χ2n) is 15.3. The standard InChI is InChI=1S/C56H35NS/c1-2-11-38-30-41(21-20-36(38)10-1)37-22-24-44(25-23-37)57(46-27-29-52-54-32-39-12-3-4-13-40(39)34-55(54)58-56(52)35-46)45-26-28-48-42(31-45)15-9-19-50(48)53-33-43-14-5-6-16-47(43)49-17-7-8-18-51(49)53/h1-35H. The molecule has 0 N–H and O–H groups in total. The summed E-state index contributed by atoms with van der Waals surface area (Å²) in [5.74, 6) is 0. The molecule has 0 spiro atoms. The Bertz CT molecular complexity index is 3580. The molecular formula is C56H35NS. The lowest BCUT2D eigenvalue weighted by Gasteiger charge is -2.26. The number of thiophene rings is 1. The van der Waals surface area contributed by atoms with E-state index in [9.17, 15) is 0 Å². The highest BCUT2D eigenvalue weighted by molar-refractivity contribution is 7.26. The minimum atomic E-state index is 1.12. The van der Waals surface area contributed by atoms with Gasteiger partial charge in [-0.1, -0.05) is 152 Å². The van der Waals surface area contributed by atoms with E-state index >= 15 is 0 Å². The Balaban J connectivity index is 1.02. The summed E-state index contributed by atoms with van der Waals surface area (Å²) in [6.07, 6.45) is 0. The summed E-state index contributed by atoms with van der Waals surface area (Å²) in [4.78, 5) is 2.42. The van der Waals surface area contributed by atoms with Crippen LogP contribution in [0.2, 0.25) is 0 Å². The van der Waals surface area contributed by atoms with Crippen molar-refractivity contribution in [2.75, 3.05) is 4.90 Å². The largest absolute Gasteiger partial charge is 0.310 e. The Hall–Kier alpha value is -7.26. The fraction of sp³-hybridized carbons (Fsp3) is 0. The van der Waals surface area contributed by atoms with Crippen LogP contribution in [-0.4, -0.2) is 0 Å². The Morgan fingerprint density at radius 1 is 0.259 bits per heavy atom. The molecule has 0 aliphatic carbocycles. The molecule has 0 saturated carbocycles. The van der Waals surface area contributed by atoms with Gasteiger partial charge in [0.25, 0.3) is 0 Å². The minimum Gasteiger partial charge on any atom is -0.310 e. The zero-order chi connectivity index (χ0) is 38.2. The van der Waals surface area contributed by atoms with Gasteiger partial charge in [0.2, 0.25) is 0 Å². The minimum absolute atomic E-state index is 1.12. The highest BCUT2D eigenvalue weighted by Crippen LogP contribution is 2.44. The van der Waals surface area contributed by atoms with Crippen molar-refractivity contribution in [1.82, 2.24) is 0 Å². The maximum atomic E-state index is 2.42. The van der Waals surface area contributed by atoms with Crippen LogP contribution in [0.4, 0.5) is 17.1 Å². The molecule has 11 aromatic carbocycles. The van der Waals surface area contributed by atoms with Gasteiger partial charge in [-0.25, -0.2) is 0 Å². The van der Waals surface area contributed by atoms with E-state index in [2.05, 4.69) is 217 Å². The summed E-state index contributed by atoms with van der Waals surface area (Å²) in [5.41, 5.74) is 8.30. The van der Waals surface area contributed by atoms with Crippen molar-refractivity contribution in [2.45, 2.75) is 0 Å². The number of fused-ring (bicyclic) bond motifs is 9. The first kappa shape index (κ1) is 32.9. The average Bonchev–Trinajstić information content (AvgIpc) is 3.64. The summed E-state index contributed by atoms with van der Waals surface area (Å²) in [6.45, 7) is 0. The molecule has 0 aliphatic rings. The lowest BCUT2D eigenvalue weighted by Crippen LogP contribution is -2.09. The molecular weight excluding hydrogens is 719 g/mol. The lowest BCUT2D eigenvalue weighted by atomic mass is 9.90. The summed E-state index contributed by atoms with van der Waals surface area (Å²) in [7, 11) is 0. The maximum Gasteiger partial charge on any atom is 0.0476 e. The van der Waals surface area contributed by atoms with Crippen molar-refractivity contribution < 1.29 is 0 Å². The van der Waals surface area contributed by atoms with Crippen molar-refractivity contribution in [3.63, 3.8) is 0 Å². The summed E-state index contributed by atoms with van der Waals surface area (Å²) < 4.78 is 2.60. The molecule has 0 saturated heterocycles. The normalized spacial score (nSPS) is 11.8. The number of hydrogen-bond acceptors (Lipinski definition) is 2. The van der Waals surface area contributed by atoms with Crippen LogP contribution < -0.4 is 4.90 Å². The molecule has 1 aromatic heterocycles. The maximum absolute atomic E-state index is 2.42. The molecule has 58 heavy (non-hydrogen) atoms. The number of benzene rings is 11. The third-order valence-corrected chi connectivity index (χ3v) is 13.1. The van der Waals surface area contributed by atoms with Gasteiger partial charge in [0.1, 0.15) is 0 Å². The molecule has 0 aliphatic heterocycles. The quantitative estimate of drug-likeness (QED) is 0.158. The first-order chi connectivity index (χ1) is 28.7. The number of hydrogen-bond donors (Lipinski definition) is 0. The topological polar surface area (TPSA) is 3.24 Å². The van der Waals surface area contributed by atoms with Crippen molar-refractivity contribution in [1.29, 1.82) is 0 Å². The van der Waals surface area contributed by atoms with E-state index in [4.69, 9.17) is 0 Å². The lowest BCUT2D eigenvalue weighted by molar-refractivity contribution is 1.30. The Labute approximate surface area is 340 Å². The predicted molar refractivity (Wildman–Crippen MR) is 252 cm³/mol. The van der Waals surface area contributed by atoms with Crippen LogP contribution in [0.25, 0.3) is 96.3 Å². The van der Waals surface area contributed by atoms with Crippen LogP contribution in [0.1, 0.15) is 0 Å². The number of nitrogens with zero attached hydrogens (tertiary/aromatic N) is 1. The molecule has 12 rings (SSSR count). The third kappa shape index (κ3) is 5.38. The van der Waals surface area contributed by atoms with Gasteiger partial charge in [0, 0.05) is 37.2 Å². The van der Waals surface area contributed by atoms with Gasteiger partial charge in [0.05, 0.1) is 0 Å². The smallest absolute Gasteiger partial charge is 0.0476 e. The van der Waals surface area contributed by atoms with Crippen LogP contribution in [0.5, 0.6) is 0 Å². The molecule has 1 heterocycles. The van der Waals surface area contributed by atoms with Crippen LogP contribution in [-0.2, 0) is 0 Å². The molecule has 0 unspecified atom stereocenters. The van der Waals surface area contributed by atoms with E-state index < -0.39 is 0 Å². The molecule has 0 amide bonds. The van der Waals surface area contributed by atoms with E-state index in [-0.39, 0.29) is 0 Å². The number of rotatable bonds is 5. The molecule has 0 bridgehead atoms. The van der Waals surface area contributed by atoms with Crippen molar-refractivity contribution in [3.05, 3.63) is 212 Å². The van der Waals surface area contributed by atoms with E-state index in [1.165, 1.54) is 96.3 Å². The number of anilines is 3. The third-order valence-electron chi connectivity index (χ3n) is 12.0. The van der Waals surface area contributed by atoms with Crippen molar-refractivity contribution in [2.24, 2.45) is 0 Å². The van der Waals surface area contributed by atoms with Crippen LogP contribution in [0.15, 0.2) is 212 Å². The molecule has 0 atom stereocenters. The molecule has 270 valence electrons. The predicted octanol–water partition coefficient (Wildman–Crippen LogP) is 16.6. The van der Waals surface area contributed by atoms with Crippen molar-refractivity contribution in [3.8, 4) is 22.3 Å². The van der Waals surface area contributed by atoms with Gasteiger partial charge >= 0.3 is 0 Å². The van der Waals surface area contributed by atoms with Crippen LogP contribution >= 0.6 is 11.3 Å². The second kappa shape index (κ2) is 13.2. The molecule has 1 nitrogen and oxygen atoms in total. The van der Waals surface area contributed by atoms with Gasteiger partial charge < -0.3 is 4.90 Å². The SMILES string of the molecule is c1ccc2cc(-c3ccc(N(c4ccc5c(-c6cc7ccccc7c7ccccc67)cccc5c4)c4ccc5c(c4)sc4cc6ccccc6cc45)cc3)ccc2c1. The monoisotopic (exact) mass is 753 g/mol. The Morgan fingerprint density at radius 3 is 1.64 bits per heavy atom. The average molecular weight is 754 g/mol. The molecule has 2 heteroatoms. The first-order valence-corrected chi connectivity index (χ1v) is 20.7. The van der Waals surface area contributed by atoms with Gasteiger partial charge in [-0.3, -0.25) is 0 Å². The van der Waals surface area contributed by atoms with Gasteiger partial charge in [-0.2, -0.15) is 0 Å². The second-order valence-corrected chi connectivity index (χ2v) is 16.4. The zero-order valence-electron chi connectivity index (χ0n) is 31.6. The zero-order valence-corrected chi connectivity index (χ0v) is 32.4. The Kier molecular flexibility index (Phi) is 7.47. The first-order valence-electron chi connectivity index (χ1n) is 19.9. The van der Waals surface area contributed by atoms with E-state index in [0.717, 1.165) is 17.1 Å². The summed E-state index contributed by atoms with van der Waals surface area (Å²) in [5, 5.41) is 15.2. The van der Waals surface area contributed by atoms with Crippen LogP contribution in [0, 0.1) is 0 Å². The highest BCUT2D eigenvalue weighted by Gasteiger charge is 2.18. The fourth-order valence-electron chi connectivity index (χ4n) is 9.13. The molecule has 0 fully saturated rings. The molecule has 12 aromatic rings. The van der Waals surface area contributed by atoms with E-state index in [1.807, 2.05) is 11.3 Å². The van der Waals surface area contributed by atoms with Gasteiger partial charge in [0.15, 0.2) is 0 Å². The Morgan fingerprint density at radius 2 is 0.828 bits per heavy atom. The van der Waals surface area contributed by atoms with Gasteiger partial charge in [-0.05, 0) is 137 Å². The van der Waals surface area contributed by atoms with E-state index in [1.54, 1.807) is 0 Å². The van der Waals surface area contributed by atoms with Gasteiger partial charge in [-0.15, -0.1) is 11.3 Å². The highest BCUT2D eigenvalue weighted by atomic mass is 32.1. The summed E-state index contributed by atoms with van der Waals surface area (Å²) in [6, 6.07) is 78.4. The van der Waals surface area contributed by atoms with Crippen molar-refractivity contribution >= 4 is 102 Å². The molecule has 0 radical (unpaired) electrons. The van der Waals surface area contributed by atoms with E-state index in [0.29, 0.717) is 0 Å². The summed E-state index contributed by atoms with van der Waals surface area (Å²) >= 11 is 1.88.